The van der Waals surface area contributed by atoms with E-state index in [9.17, 15) is 18.8 Å². The highest BCUT2D eigenvalue weighted by molar-refractivity contribution is 5.95. The third-order valence-electron chi connectivity index (χ3n) is 4.24. The van der Waals surface area contributed by atoms with E-state index in [4.69, 9.17) is 5.11 Å². The fourth-order valence-electron chi connectivity index (χ4n) is 2.93. The molecule has 3 rings (SSSR count). The largest absolute Gasteiger partial charge is 0.480 e. The molecule has 1 aliphatic rings. The van der Waals surface area contributed by atoms with Crippen molar-refractivity contribution in [3.05, 3.63) is 42.0 Å². The molecule has 10 heteroatoms. The number of aliphatic carboxylic acids is 1. The second-order valence-electron chi connectivity index (χ2n) is 6.25. The summed E-state index contributed by atoms with van der Waals surface area (Å²) < 4.78 is 14.1. The van der Waals surface area contributed by atoms with Crippen LogP contribution >= 0.6 is 0 Å². The Hall–Kier alpha value is -3.30. The van der Waals surface area contributed by atoms with Gasteiger partial charge in [0.25, 0.3) is 5.91 Å². The van der Waals surface area contributed by atoms with Crippen molar-refractivity contribution in [3.8, 4) is 0 Å². The third-order valence-corrected chi connectivity index (χ3v) is 4.24. The van der Waals surface area contributed by atoms with Gasteiger partial charge in [-0.3, -0.25) is 19.7 Å². The predicted octanol–water partition coefficient (Wildman–Crippen LogP) is 0.993. The first-order valence-electron chi connectivity index (χ1n) is 8.39. The molecule has 1 aliphatic heterocycles. The van der Waals surface area contributed by atoms with Crippen molar-refractivity contribution in [3.63, 3.8) is 0 Å². The van der Waals surface area contributed by atoms with Crippen molar-refractivity contribution in [1.82, 2.24) is 19.7 Å². The summed E-state index contributed by atoms with van der Waals surface area (Å²) in [5, 5.41) is 15.1. The number of benzene rings is 1. The second kappa shape index (κ2) is 7.94. The van der Waals surface area contributed by atoms with E-state index in [0.717, 1.165) is 4.68 Å². The lowest BCUT2D eigenvalue weighted by Crippen LogP contribution is -2.43. The molecule has 27 heavy (non-hydrogen) atoms. The molecule has 1 fully saturated rings. The van der Waals surface area contributed by atoms with Gasteiger partial charge in [-0.05, 0) is 37.1 Å². The Morgan fingerprint density at radius 2 is 2.00 bits per heavy atom. The maximum absolute atomic E-state index is 13.0. The number of carboxylic acids is 1. The molecule has 2 aromatic rings. The molecule has 1 saturated heterocycles. The first-order chi connectivity index (χ1) is 12.9. The van der Waals surface area contributed by atoms with Crippen LogP contribution in [0.2, 0.25) is 0 Å². The van der Waals surface area contributed by atoms with Gasteiger partial charge < -0.3 is 10.0 Å². The van der Waals surface area contributed by atoms with Crippen molar-refractivity contribution in [1.29, 1.82) is 0 Å². The van der Waals surface area contributed by atoms with E-state index in [0.29, 0.717) is 24.9 Å². The van der Waals surface area contributed by atoms with Crippen molar-refractivity contribution in [2.24, 2.45) is 5.92 Å². The Bertz CT molecular complexity index is 851. The molecule has 1 atom stereocenters. The summed E-state index contributed by atoms with van der Waals surface area (Å²) in [4.78, 5) is 41.0. The lowest BCUT2D eigenvalue weighted by molar-refractivity contribution is -0.137. The van der Waals surface area contributed by atoms with Crippen molar-refractivity contribution in [2.75, 3.05) is 18.4 Å². The lowest BCUT2D eigenvalue weighted by Gasteiger charge is -2.31. The molecule has 1 aromatic heterocycles. The Kier molecular flexibility index (Phi) is 5.43. The topological polar surface area (TPSA) is 117 Å². The summed E-state index contributed by atoms with van der Waals surface area (Å²) in [6.07, 6.45) is 2.48. The number of rotatable bonds is 5. The van der Waals surface area contributed by atoms with Crippen LogP contribution in [0.25, 0.3) is 0 Å². The number of carbonyl (C=O) groups is 3. The van der Waals surface area contributed by atoms with Crippen LogP contribution in [-0.2, 0) is 16.1 Å². The number of amides is 2. The van der Waals surface area contributed by atoms with Crippen LogP contribution < -0.4 is 5.32 Å². The van der Waals surface area contributed by atoms with E-state index >= 15 is 0 Å². The lowest BCUT2D eigenvalue weighted by atomic mass is 9.96. The van der Waals surface area contributed by atoms with Crippen molar-refractivity contribution < 1.29 is 23.9 Å². The molecular formula is C17H18FN5O4. The Morgan fingerprint density at radius 1 is 1.26 bits per heavy atom. The molecule has 2 N–H and O–H groups in total. The van der Waals surface area contributed by atoms with Gasteiger partial charge in [0.2, 0.25) is 11.9 Å². The molecule has 9 nitrogen and oxygen atoms in total. The molecule has 0 saturated carbocycles. The molecule has 0 aliphatic carbocycles. The van der Waals surface area contributed by atoms with E-state index in [-0.39, 0.29) is 30.9 Å². The predicted molar refractivity (Wildman–Crippen MR) is 91.3 cm³/mol. The maximum Gasteiger partial charge on any atom is 0.325 e. The standard InChI is InChI=1S/C17H18FN5O4/c18-13-5-3-11(4-6-13)16(27)22-7-1-2-12(8-22)15(26)20-17-19-10-23(21-17)9-14(24)25/h3-6,10,12H,1-2,7-9H2,(H,24,25)(H,20,21,26). The number of hydrogen-bond acceptors (Lipinski definition) is 5. The SMILES string of the molecule is O=C(O)Cn1cnc(NC(=O)C2CCCN(C(=O)c3ccc(F)cc3)C2)n1. The van der Waals surface area contributed by atoms with Gasteiger partial charge in [-0.2, -0.15) is 0 Å². The Morgan fingerprint density at radius 3 is 2.70 bits per heavy atom. The van der Waals surface area contributed by atoms with Crippen LogP contribution in [0, 0.1) is 11.7 Å². The average molecular weight is 375 g/mol. The molecule has 2 amide bonds. The zero-order chi connectivity index (χ0) is 19.4. The van der Waals surface area contributed by atoms with Gasteiger partial charge in [0.1, 0.15) is 18.7 Å². The van der Waals surface area contributed by atoms with Gasteiger partial charge in [-0.25, -0.2) is 14.1 Å². The number of aromatic nitrogens is 3. The first-order valence-corrected chi connectivity index (χ1v) is 8.39. The fraction of sp³-hybridized carbons (Fsp3) is 0.353. The summed E-state index contributed by atoms with van der Waals surface area (Å²) in [7, 11) is 0. The molecule has 1 unspecified atom stereocenters. The summed E-state index contributed by atoms with van der Waals surface area (Å²) in [6, 6.07) is 5.28. The van der Waals surface area contributed by atoms with Crippen LogP contribution in [-0.4, -0.2) is 55.6 Å². The zero-order valence-corrected chi connectivity index (χ0v) is 14.3. The number of likely N-dealkylation sites (tertiary alicyclic amines) is 1. The monoisotopic (exact) mass is 375 g/mol. The fourth-order valence-corrected chi connectivity index (χ4v) is 2.93. The van der Waals surface area contributed by atoms with Gasteiger partial charge in [0, 0.05) is 18.7 Å². The van der Waals surface area contributed by atoms with E-state index in [2.05, 4.69) is 15.4 Å². The third kappa shape index (κ3) is 4.66. The van der Waals surface area contributed by atoms with Gasteiger partial charge in [-0.15, -0.1) is 5.10 Å². The van der Waals surface area contributed by atoms with E-state index in [1.54, 1.807) is 4.90 Å². The highest BCUT2D eigenvalue weighted by Gasteiger charge is 2.29. The minimum atomic E-state index is -1.07. The van der Waals surface area contributed by atoms with Crippen LogP contribution in [0.15, 0.2) is 30.6 Å². The zero-order valence-electron chi connectivity index (χ0n) is 14.3. The van der Waals surface area contributed by atoms with E-state index < -0.39 is 17.7 Å². The molecule has 142 valence electrons. The second-order valence-corrected chi connectivity index (χ2v) is 6.25. The van der Waals surface area contributed by atoms with E-state index in [1.165, 1.54) is 30.6 Å². The van der Waals surface area contributed by atoms with Gasteiger partial charge in [0.05, 0.1) is 5.92 Å². The number of piperidine rings is 1. The molecule has 0 radical (unpaired) electrons. The Labute approximate surface area is 153 Å². The summed E-state index contributed by atoms with van der Waals surface area (Å²) in [5.41, 5.74) is 0.367. The highest BCUT2D eigenvalue weighted by atomic mass is 19.1. The quantitative estimate of drug-likeness (QED) is 0.805. The number of anilines is 1. The van der Waals surface area contributed by atoms with Gasteiger partial charge in [-0.1, -0.05) is 0 Å². The minimum absolute atomic E-state index is 0.0169. The number of nitrogens with zero attached hydrogens (tertiary/aromatic N) is 4. The normalized spacial score (nSPS) is 16.8. The van der Waals surface area contributed by atoms with Crippen LogP contribution in [0.1, 0.15) is 23.2 Å². The number of carbonyl (C=O) groups excluding carboxylic acids is 2. The van der Waals surface area contributed by atoms with Crippen LogP contribution in [0.5, 0.6) is 0 Å². The van der Waals surface area contributed by atoms with Gasteiger partial charge >= 0.3 is 5.97 Å². The maximum atomic E-state index is 13.0. The Balaban J connectivity index is 1.60. The molecule has 0 spiro atoms. The van der Waals surface area contributed by atoms with Gasteiger partial charge in [0.15, 0.2) is 0 Å². The first kappa shape index (κ1) is 18.5. The summed E-state index contributed by atoms with van der Waals surface area (Å²) >= 11 is 0. The number of carboxylic acid groups (broad SMARTS) is 1. The molecular weight excluding hydrogens is 357 g/mol. The molecule has 0 bridgehead atoms. The molecule has 1 aromatic carbocycles. The summed E-state index contributed by atoms with van der Waals surface area (Å²) in [6.45, 7) is 0.398. The number of nitrogens with one attached hydrogen (secondary N) is 1. The van der Waals surface area contributed by atoms with Crippen LogP contribution in [0.3, 0.4) is 0 Å². The molecule has 2 heterocycles. The van der Waals surface area contributed by atoms with Crippen molar-refractivity contribution in [2.45, 2.75) is 19.4 Å². The van der Waals surface area contributed by atoms with E-state index in [1.807, 2.05) is 0 Å². The van der Waals surface area contributed by atoms with Crippen molar-refractivity contribution >= 4 is 23.7 Å². The average Bonchev–Trinajstić information content (AvgIpc) is 3.08. The number of halogens is 1. The highest BCUT2D eigenvalue weighted by Crippen LogP contribution is 2.20. The number of hydrogen-bond donors (Lipinski definition) is 2. The summed E-state index contributed by atoms with van der Waals surface area (Å²) in [5.74, 6) is -2.49. The smallest absolute Gasteiger partial charge is 0.325 e. The minimum Gasteiger partial charge on any atom is -0.480 e. The van der Waals surface area contributed by atoms with Crippen LogP contribution in [0.4, 0.5) is 10.3 Å².